The average Bonchev–Trinajstić information content (AvgIpc) is 2.28. The second kappa shape index (κ2) is 5.97. The predicted octanol–water partition coefficient (Wildman–Crippen LogP) is 4.97. The van der Waals surface area contributed by atoms with Crippen molar-refractivity contribution in [2.24, 2.45) is 5.92 Å². The van der Waals surface area contributed by atoms with E-state index in [4.69, 9.17) is 16.3 Å². The molecule has 0 spiro atoms. The first-order valence-electron chi connectivity index (χ1n) is 6.55. The average molecular weight is 269 g/mol. The maximum absolute atomic E-state index is 6.11. The fourth-order valence-electron chi connectivity index (χ4n) is 2.19. The Labute approximate surface area is 116 Å². The summed E-state index contributed by atoms with van der Waals surface area (Å²) in [6, 6.07) is 6.46. The van der Waals surface area contributed by atoms with Crippen LogP contribution in [0.1, 0.15) is 51.7 Å². The van der Waals surface area contributed by atoms with Gasteiger partial charge in [0.05, 0.1) is 7.11 Å². The Bertz CT molecular complexity index is 391. The van der Waals surface area contributed by atoms with Crippen LogP contribution in [0.2, 0.25) is 0 Å². The molecule has 1 nitrogen and oxygen atoms in total. The molecule has 0 aliphatic heterocycles. The Morgan fingerprint density at radius 1 is 1.22 bits per heavy atom. The van der Waals surface area contributed by atoms with Crippen molar-refractivity contribution >= 4 is 11.6 Å². The molecule has 0 heterocycles. The molecule has 0 aliphatic rings. The first kappa shape index (κ1) is 15.4. The summed E-state index contributed by atoms with van der Waals surface area (Å²) in [4.78, 5) is 0. The molecule has 102 valence electrons. The van der Waals surface area contributed by atoms with Gasteiger partial charge in [0.2, 0.25) is 0 Å². The zero-order valence-electron chi connectivity index (χ0n) is 12.4. The van der Waals surface area contributed by atoms with Crippen molar-refractivity contribution in [2.75, 3.05) is 13.0 Å². The van der Waals surface area contributed by atoms with Gasteiger partial charge >= 0.3 is 0 Å². The Balaban J connectivity index is 3.26. The predicted molar refractivity (Wildman–Crippen MR) is 80.0 cm³/mol. The van der Waals surface area contributed by atoms with E-state index in [1.54, 1.807) is 7.11 Å². The van der Waals surface area contributed by atoms with Crippen LogP contribution in [0.25, 0.3) is 0 Å². The Morgan fingerprint density at radius 2 is 1.83 bits per heavy atom. The lowest BCUT2D eigenvalue weighted by Gasteiger charge is -2.26. The molecule has 0 aromatic heterocycles. The number of hydrogen-bond donors (Lipinski definition) is 0. The Morgan fingerprint density at radius 3 is 2.22 bits per heavy atom. The standard InChI is InChI=1S/C16H25ClO/c1-11(2)13(10-17)12-7-8-15(18-6)14(9-12)16(3,4)5/h7-9,11,13H,10H2,1-6H3. The third kappa shape index (κ3) is 3.41. The van der Waals surface area contributed by atoms with Crippen LogP contribution in [0.15, 0.2) is 18.2 Å². The van der Waals surface area contributed by atoms with E-state index >= 15 is 0 Å². The molecule has 1 aromatic carbocycles. The Hall–Kier alpha value is -0.690. The molecule has 2 heteroatoms. The molecule has 0 saturated carbocycles. The van der Waals surface area contributed by atoms with Crippen molar-refractivity contribution in [3.05, 3.63) is 29.3 Å². The smallest absolute Gasteiger partial charge is 0.122 e. The van der Waals surface area contributed by atoms with Crippen molar-refractivity contribution in [3.8, 4) is 5.75 Å². The number of halogens is 1. The fraction of sp³-hybridized carbons (Fsp3) is 0.625. The van der Waals surface area contributed by atoms with Gasteiger partial charge in [-0.2, -0.15) is 0 Å². The summed E-state index contributed by atoms with van der Waals surface area (Å²) in [6.07, 6.45) is 0. The lowest BCUT2D eigenvalue weighted by atomic mass is 9.82. The normalized spacial score (nSPS) is 13.8. The van der Waals surface area contributed by atoms with Crippen molar-refractivity contribution in [2.45, 2.75) is 46.0 Å². The first-order valence-corrected chi connectivity index (χ1v) is 7.09. The highest BCUT2D eigenvalue weighted by molar-refractivity contribution is 6.18. The molecule has 0 bridgehead atoms. The van der Waals surface area contributed by atoms with Gasteiger partial charge in [-0.25, -0.2) is 0 Å². The highest BCUT2D eigenvalue weighted by atomic mass is 35.5. The summed E-state index contributed by atoms with van der Waals surface area (Å²) in [5.74, 6) is 2.57. The summed E-state index contributed by atoms with van der Waals surface area (Å²) >= 11 is 6.11. The van der Waals surface area contributed by atoms with Crippen molar-refractivity contribution < 1.29 is 4.74 Å². The number of benzene rings is 1. The van der Waals surface area contributed by atoms with Crippen molar-refractivity contribution in [3.63, 3.8) is 0 Å². The number of rotatable bonds is 4. The quantitative estimate of drug-likeness (QED) is 0.701. The van der Waals surface area contributed by atoms with Gasteiger partial charge in [-0.15, -0.1) is 11.6 Å². The van der Waals surface area contributed by atoms with Gasteiger partial charge in [0.15, 0.2) is 0 Å². The molecule has 0 saturated heterocycles. The maximum atomic E-state index is 6.11. The molecule has 1 rings (SSSR count). The molecule has 1 atom stereocenters. The van der Waals surface area contributed by atoms with Crippen LogP contribution in [-0.2, 0) is 5.41 Å². The molecule has 0 radical (unpaired) electrons. The number of ether oxygens (including phenoxy) is 1. The van der Waals surface area contributed by atoms with Gasteiger partial charge in [-0.1, -0.05) is 46.8 Å². The van der Waals surface area contributed by atoms with E-state index in [2.05, 4.69) is 52.8 Å². The van der Waals surface area contributed by atoms with E-state index in [0.29, 0.717) is 17.7 Å². The van der Waals surface area contributed by atoms with Crippen LogP contribution >= 0.6 is 11.6 Å². The number of hydrogen-bond acceptors (Lipinski definition) is 1. The minimum Gasteiger partial charge on any atom is -0.496 e. The van der Waals surface area contributed by atoms with E-state index in [0.717, 1.165) is 5.75 Å². The van der Waals surface area contributed by atoms with E-state index in [-0.39, 0.29) is 5.41 Å². The third-order valence-electron chi connectivity index (χ3n) is 3.43. The molecule has 1 aromatic rings. The highest BCUT2D eigenvalue weighted by Gasteiger charge is 2.22. The largest absolute Gasteiger partial charge is 0.496 e. The van der Waals surface area contributed by atoms with E-state index in [9.17, 15) is 0 Å². The van der Waals surface area contributed by atoms with Gasteiger partial charge in [0.1, 0.15) is 5.75 Å². The summed E-state index contributed by atoms with van der Waals surface area (Å²) in [6.45, 7) is 11.1. The van der Waals surface area contributed by atoms with E-state index in [1.807, 2.05) is 0 Å². The summed E-state index contributed by atoms with van der Waals surface area (Å²) < 4.78 is 5.47. The van der Waals surface area contributed by atoms with Gasteiger partial charge in [0, 0.05) is 5.88 Å². The molecular formula is C16H25ClO. The zero-order valence-corrected chi connectivity index (χ0v) is 13.1. The number of methoxy groups -OCH3 is 1. The van der Waals surface area contributed by atoms with Gasteiger partial charge in [-0.3, -0.25) is 0 Å². The molecule has 0 aliphatic carbocycles. The fourth-order valence-corrected chi connectivity index (χ4v) is 2.73. The lowest BCUT2D eigenvalue weighted by molar-refractivity contribution is 0.396. The summed E-state index contributed by atoms with van der Waals surface area (Å²) in [7, 11) is 1.73. The van der Waals surface area contributed by atoms with Crippen LogP contribution in [0, 0.1) is 5.92 Å². The zero-order chi connectivity index (χ0) is 13.9. The summed E-state index contributed by atoms with van der Waals surface area (Å²) in [5, 5.41) is 0. The second-order valence-electron chi connectivity index (χ2n) is 6.21. The van der Waals surface area contributed by atoms with Crippen LogP contribution in [0.4, 0.5) is 0 Å². The molecule has 0 amide bonds. The van der Waals surface area contributed by atoms with Crippen LogP contribution in [0.5, 0.6) is 5.75 Å². The summed E-state index contributed by atoms with van der Waals surface area (Å²) in [5.41, 5.74) is 2.64. The lowest BCUT2D eigenvalue weighted by Crippen LogP contribution is -2.15. The molecular weight excluding hydrogens is 244 g/mol. The molecule has 1 unspecified atom stereocenters. The molecule has 18 heavy (non-hydrogen) atoms. The van der Waals surface area contributed by atoms with Crippen molar-refractivity contribution in [1.29, 1.82) is 0 Å². The van der Waals surface area contributed by atoms with Gasteiger partial charge in [0.25, 0.3) is 0 Å². The number of alkyl halides is 1. The monoisotopic (exact) mass is 268 g/mol. The maximum Gasteiger partial charge on any atom is 0.122 e. The third-order valence-corrected chi connectivity index (χ3v) is 3.76. The van der Waals surface area contributed by atoms with E-state index in [1.165, 1.54) is 11.1 Å². The minimum absolute atomic E-state index is 0.0786. The van der Waals surface area contributed by atoms with Gasteiger partial charge < -0.3 is 4.74 Å². The van der Waals surface area contributed by atoms with Gasteiger partial charge in [-0.05, 0) is 34.4 Å². The Kier molecular flexibility index (Phi) is 5.10. The highest BCUT2D eigenvalue weighted by Crippen LogP contribution is 2.35. The van der Waals surface area contributed by atoms with Crippen LogP contribution in [-0.4, -0.2) is 13.0 Å². The molecule has 0 fully saturated rings. The molecule has 0 N–H and O–H groups in total. The minimum atomic E-state index is 0.0786. The topological polar surface area (TPSA) is 9.23 Å². The van der Waals surface area contributed by atoms with Crippen molar-refractivity contribution in [1.82, 2.24) is 0 Å². The van der Waals surface area contributed by atoms with E-state index < -0.39 is 0 Å². The van der Waals surface area contributed by atoms with Crippen LogP contribution in [0.3, 0.4) is 0 Å². The first-order chi connectivity index (χ1) is 8.31. The second-order valence-corrected chi connectivity index (χ2v) is 6.52. The SMILES string of the molecule is COc1ccc(C(CCl)C(C)C)cc1C(C)(C)C. The van der Waals surface area contributed by atoms with Crippen LogP contribution < -0.4 is 4.74 Å².